The summed E-state index contributed by atoms with van der Waals surface area (Å²) in [5.74, 6) is 0.621. The number of anilines is 1. The second-order valence-electron chi connectivity index (χ2n) is 7.92. The number of hydrogen-bond donors (Lipinski definition) is 2. The van der Waals surface area contributed by atoms with E-state index in [-0.39, 0.29) is 10.8 Å². The average Bonchev–Trinajstić information content (AvgIpc) is 3.01. The molecule has 1 aliphatic heterocycles. The van der Waals surface area contributed by atoms with Crippen molar-refractivity contribution in [3.8, 4) is 0 Å². The number of amidine groups is 1. The molecule has 7 heteroatoms. The van der Waals surface area contributed by atoms with Gasteiger partial charge in [-0.3, -0.25) is 14.5 Å². The van der Waals surface area contributed by atoms with Crippen LogP contribution in [0.25, 0.3) is 6.08 Å². The Morgan fingerprint density at radius 1 is 1.06 bits per heavy atom. The molecule has 1 aliphatic rings. The summed E-state index contributed by atoms with van der Waals surface area (Å²) < 4.78 is 28.0. The van der Waals surface area contributed by atoms with Crippen LogP contribution in [0.2, 0.25) is 0 Å². The van der Waals surface area contributed by atoms with Gasteiger partial charge in [0.2, 0.25) is 5.91 Å². The van der Waals surface area contributed by atoms with Crippen LogP contribution >= 0.6 is 0 Å². The zero-order valence-electron chi connectivity index (χ0n) is 18.0. The number of carbonyl (C=O) groups excluding carboxylic acids is 1. The molecule has 3 rings (SSSR count). The highest BCUT2D eigenvalue weighted by molar-refractivity contribution is 7.90. The van der Waals surface area contributed by atoms with Crippen molar-refractivity contribution in [3.63, 3.8) is 0 Å². The first-order chi connectivity index (χ1) is 14.8. The molecule has 0 bridgehead atoms. The maximum atomic E-state index is 12.7. The van der Waals surface area contributed by atoms with E-state index in [9.17, 15) is 13.2 Å². The molecule has 1 heterocycles. The smallest absolute Gasteiger partial charge is 0.262 e. The minimum Gasteiger partial charge on any atom is -0.322 e. The number of hydrogen-bond acceptors (Lipinski definition) is 4. The topological polar surface area (TPSA) is 87.6 Å². The molecule has 2 N–H and O–H groups in total. The Hall–Kier alpha value is -2.93. The first kappa shape index (κ1) is 22.7. The van der Waals surface area contributed by atoms with Gasteiger partial charge in [-0.05, 0) is 54.2 Å². The summed E-state index contributed by atoms with van der Waals surface area (Å²) in [6, 6.07) is 14.2. The molecule has 0 saturated heterocycles. The van der Waals surface area contributed by atoms with Crippen molar-refractivity contribution in [2.24, 2.45) is 4.99 Å². The summed E-state index contributed by atoms with van der Waals surface area (Å²) in [6.07, 6.45) is 6.73. The van der Waals surface area contributed by atoms with Gasteiger partial charge in [-0.25, -0.2) is 8.42 Å². The van der Waals surface area contributed by atoms with Gasteiger partial charge in [-0.1, -0.05) is 50.6 Å². The van der Waals surface area contributed by atoms with Crippen LogP contribution in [-0.4, -0.2) is 26.7 Å². The highest BCUT2D eigenvalue weighted by atomic mass is 32.2. The molecular weight excluding hydrogens is 410 g/mol. The summed E-state index contributed by atoms with van der Waals surface area (Å²) in [6.45, 7) is 4.90. The van der Waals surface area contributed by atoms with Crippen LogP contribution < -0.4 is 10.0 Å². The van der Waals surface area contributed by atoms with Gasteiger partial charge in [-0.15, -0.1) is 0 Å². The minimum atomic E-state index is -3.75. The summed E-state index contributed by atoms with van der Waals surface area (Å²) in [5, 5.41) is 2.72. The number of rotatable bonds is 6. The van der Waals surface area contributed by atoms with Crippen LogP contribution in [0.5, 0.6) is 0 Å². The Kier molecular flexibility index (Phi) is 7.63. The number of carbonyl (C=O) groups is 1. The third-order valence-electron chi connectivity index (χ3n) is 5.07. The van der Waals surface area contributed by atoms with Crippen LogP contribution in [0.1, 0.15) is 56.6 Å². The molecule has 0 aliphatic carbocycles. The molecule has 0 radical (unpaired) electrons. The second kappa shape index (κ2) is 10.4. The SMILES string of the molecule is CC(C)c1ccc(/C=C/C(=O)Nc2cccc(S(=O)(=O)NC3=NCCCCC3)c2)cc1. The fraction of sp³-hybridized carbons (Fsp3) is 0.333. The third-order valence-corrected chi connectivity index (χ3v) is 6.45. The van der Waals surface area contributed by atoms with Crippen LogP contribution in [-0.2, 0) is 14.8 Å². The molecule has 1 amide bonds. The molecule has 2 aromatic rings. The van der Waals surface area contributed by atoms with Crippen molar-refractivity contribution in [3.05, 3.63) is 65.7 Å². The van der Waals surface area contributed by atoms with Crippen molar-refractivity contribution in [1.29, 1.82) is 0 Å². The zero-order chi connectivity index (χ0) is 22.3. The summed E-state index contributed by atoms with van der Waals surface area (Å²) in [4.78, 5) is 16.7. The number of benzene rings is 2. The highest BCUT2D eigenvalue weighted by Crippen LogP contribution is 2.18. The predicted molar refractivity (Wildman–Crippen MR) is 126 cm³/mol. The van der Waals surface area contributed by atoms with E-state index in [1.54, 1.807) is 18.2 Å². The van der Waals surface area contributed by atoms with Gasteiger partial charge in [0.25, 0.3) is 10.0 Å². The molecule has 6 nitrogen and oxygen atoms in total. The minimum absolute atomic E-state index is 0.0884. The molecule has 164 valence electrons. The second-order valence-corrected chi connectivity index (χ2v) is 9.60. The zero-order valence-corrected chi connectivity index (χ0v) is 18.8. The molecule has 31 heavy (non-hydrogen) atoms. The lowest BCUT2D eigenvalue weighted by Crippen LogP contribution is -2.30. The van der Waals surface area contributed by atoms with E-state index < -0.39 is 10.0 Å². The molecule has 0 saturated carbocycles. The van der Waals surface area contributed by atoms with Gasteiger partial charge < -0.3 is 5.32 Å². The molecule has 2 aromatic carbocycles. The molecule has 0 atom stereocenters. The van der Waals surface area contributed by atoms with Gasteiger partial charge >= 0.3 is 0 Å². The van der Waals surface area contributed by atoms with Crippen molar-refractivity contribution in [2.45, 2.75) is 50.3 Å². The van der Waals surface area contributed by atoms with Gasteiger partial charge in [0.15, 0.2) is 0 Å². The fourth-order valence-corrected chi connectivity index (χ4v) is 4.39. The third kappa shape index (κ3) is 6.79. The largest absolute Gasteiger partial charge is 0.322 e. The molecule has 0 unspecified atom stereocenters. The Morgan fingerprint density at radius 2 is 1.84 bits per heavy atom. The van der Waals surface area contributed by atoms with E-state index in [1.165, 1.54) is 23.8 Å². The molecular formula is C24H29N3O3S. The number of sulfonamides is 1. The molecule has 0 aromatic heterocycles. The molecule has 0 fully saturated rings. The Balaban J connectivity index is 1.65. The van der Waals surface area contributed by atoms with Crippen molar-refractivity contribution in [2.75, 3.05) is 11.9 Å². The lowest BCUT2D eigenvalue weighted by molar-refractivity contribution is -0.111. The van der Waals surface area contributed by atoms with Crippen LogP contribution in [0.4, 0.5) is 5.69 Å². The van der Waals surface area contributed by atoms with Gasteiger partial charge in [-0.2, -0.15) is 0 Å². The lowest BCUT2D eigenvalue weighted by atomic mass is 10.0. The normalized spacial score (nSPS) is 14.9. The Bertz CT molecular complexity index is 1070. The Labute approximate surface area is 184 Å². The number of nitrogens with one attached hydrogen (secondary N) is 2. The van der Waals surface area contributed by atoms with Crippen molar-refractivity contribution >= 4 is 33.5 Å². The van der Waals surface area contributed by atoms with Crippen molar-refractivity contribution in [1.82, 2.24) is 4.72 Å². The average molecular weight is 440 g/mol. The van der Waals surface area contributed by atoms with Crippen LogP contribution in [0.15, 0.2) is 64.5 Å². The van der Waals surface area contributed by atoms with Gasteiger partial charge in [0, 0.05) is 24.7 Å². The first-order valence-electron chi connectivity index (χ1n) is 10.6. The van der Waals surface area contributed by atoms with Crippen molar-refractivity contribution < 1.29 is 13.2 Å². The number of aliphatic imine (C=N–C) groups is 1. The predicted octanol–water partition coefficient (Wildman–Crippen LogP) is 4.71. The fourth-order valence-electron chi connectivity index (χ4n) is 3.26. The van der Waals surface area contributed by atoms with Gasteiger partial charge in [0.05, 0.1) is 4.90 Å². The first-order valence-corrected chi connectivity index (χ1v) is 12.1. The number of amides is 1. The van der Waals surface area contributed by atoms with E-state index in [4.69, 9.17) is 0 Å². The summed E-state index contributed by atoms with van der Waals surface area (Å²) in [7, 11) is -3.75. The van der Waals surface area contributed by atoms with E-state index in [0.717, 1.165) is 24.8 Å². The molecule has 0 spiro atoms. The van der Waals surface area contributed by atoms with Gasteiger partial charge in [0.1, 0.15) is 5.84 Å². The van der Waals surface area contributed by atoms with E-state index >= 15 is 0 Å². The van der Waals surface area contributed by atoms with Crippen LogP contribution in [0.3, 0.4) is 0 Å². The van der Waals surface area contributed by atoms with E-state index in [1.807, 2.05) is 24.3 Å². The van der Waals surface area contributed by atoms with E-state index in [2.05, 4.69) is 28.9 Å². The number of nitrogens with zero attached hydrogens (tertiary/aromatic N) is 1. The quantitative estimate of drug-likeness (QED) is 0.639. The summed E-state index contributed by atoms with van der Waals surface area (Å²) in [5.41, 5.74) is 2.57. The maximum Gasteiger partial charge on any atom is 0.262 e. The summed E-state index contributed by atoms with van der Waals surface area (Å²) >= 11 is 0. The maximum absolute atomic E-state index is 12.7. The monoisotopic (exact) mass is 439 g/mol. The Morgan fingerprint density at radius 3 is 2.58 bits per heavy atom. The highest BCUT2D eigenvalue weighted by Gasteiger charge is 2.17. The standard InChI is InChI=1S/C24H29N3O3S/c1-18(2)20-13-10-19(11-14-20)12-15-24(28)26-21-7-6-8-22(17-21)31(29,30)27-23-9-4-3-5-16-25-23/h6-8,10-15,17-18H,3-5,9,16H2,1-2H3,(H,25,27)(H,26,28)/b15-12+. The lowest BCUT2D eigenvalue weighted by Gasteiger charge is -2.11. The van der Waals surface area contributed by atoms with Crippen LogP contribution in [0, 0.1) is 0 Å². The van der Waals surface area contributed by atoms with E-state index in [0.29, 0.717) is 30.4 Å².